The number of hydrogen-bond donors (Lipinski definition) is 1. The molecule has 3 rings (SSSR count). The minimum absolute atomic E-state index is 0.0418. The molecule has 1 aromatic rings. The van der Waals surface area contributed by atoms with E-state index in [1.54, 1.807) is 6.07 Å². The highest BCUT2D eigenvalue weighted by Gasteiger charge is 2.40. The van der Waals surface area contributed by atoms with Crippen LogP contribution >= 0.6 is 11.6 Å². The van der Waals surface area contributed by atoms with Crippen molar-refractivity contribution in [1.82, 2.24) is 10.2 Å². The summed E-state index contributed by atoms with van der Waals surface area (Å²) in [7, 11) is 0. The van der Waals surface area contributed by atoms with Crippen LogP contribution in [-0.2, 0) is 6.54 Å². The van der Waals surface area contributed by atoms with Crippen molar-refractivity contribution in [2.24, 2.45) is 5.92 Å². The monoisotopic (exact) mass is 296 g/mol. The normalized spacial score (nSPS) is 26.7. The Morgan fingerprint density at radius 2 is 2.15 bits per heavy atom. The Balaban J connectivity index is 1.77. The molecule has 1 heterocycles. The maximum absolute atomic E-state index is 14.1. The lowest BCUT2D eigenvalue weighted by Crippen LogP contribution is -2.62. The molecule has 1 saturated heterocycles. The zero-order valence-electron chi connectivity index (χ0n) is 12.1. The van der Waals surface area contributed by atoms with E-state index in [2.05, 4.69) is 24.1 Å². The van der Waals surface area contributed by atoms with Gasteiger partial charge in [0.05, 0.1) is 5.02 Å². The molecule has 20 heavy (non-hydrogen) atoms. The predicted molar refractivity (Wildman–Crippen MR) is 80.4 cm³/mol. The van der Waals surface area contributed by atoms with Crippen molar-refractivity contribution in [1.29, 1.82) is 0 Å². The topological polar surface area (TPSA) is 15.3 Å². The van der Waals surface area contributed by atoms with Gasteiger partial charge in [-0.3, -0.25) is 4.90 Å². The Kier molecular flexibility index (Phi) is 3.78. The average molecular weight is 297 g/mol. The van der Waals surface area contributed by atoms with Crippen molar-refractivity contribution in [3.05, 3.63) is 34.6 Å². The molecule has 0 bridgehead atoms. The van der Waals surface area contributed by atoms with Gasteiger partial charge in [0.1, 0.15) is 5.82 Å². The molecule has 1 aromatic carbocycles. The first-order chi connectivity index (χ1) is 9.47. The number of benzene rings is 1. The van der Waals surface area contributed by atoms with Crippen LogP contribution in [0.5, 0.6) is 0 Å². The summed E-state index contributed by atoms with van der Waals surface area (Å²) in [4.78, 5) is 2.39. The van der Waals surface area contributed by atoms with Crippen molar-refractivity contribution in [2.45, 2.75) is 44.8 Å². The van der Waals surface area contributed by atoms with Crippen LogP contribution in [0, 0.1) is 11.7 Å². The van der Waals surface area contributed by atoms with Crippen LogP contribution < -0.4 is 5.32 Å². The maximum atomic E-state index is 14.1. The number of hydrogen-bond acceptors (Lipinski definition) is 2. The third-order valence-electron chi connectivity index (χ3n) is 4.65. The van der Waals surface area contributed by atoms with Crippen LogP contribution in [0.15, 0.2) is 18.2 Å². The summed E-state index contributed by atoms with van der Waals surface area (Å²) in [5.74, 6) is 0.546. The molecule has 1 unspecified atom stereocenters. The van der Waals surface area contributed by atoms with Crippen LogP contribution in [0.2, 0.25) is 5.02 Å². The van der Waals surface area contributed by atoms with Gasteiger partial charge in [0.25, 0.3) is 0 Å². The molecule has 2 aliphatic rings. The fraction of sp³-hybridized carbons (Fsp3) is 0.625. The average Bonchev–Trinajstić information content (AvgIpc) is 3.21. The van der Waals surface area contributed by atoms with Gasteiger partial charge in [0, 0.05) is 36.8 Å². The zero-order chi connectivity index (χ0) is 14.3. The standard InChI is InChI=1S/C16H22ClFN2/c1-16(2)10-19-14(11-6-7-11)9-20(16)8-12-4-3-5-13(17)15(12)18/h3-5,11,14,19H,6-10H2,1-2H3. The quantitative estimate of drug-likeness (QED) is 0.919. The third kappa shape index (κ3) is 2.85. The lowest BCUT2D eigenvalue weighted by Gasteiger charge is -2.46. The van der Waals surface area contributed by atoms with Crippen molar-refractivity contribution in [2.75, 3.05) is 13.1 Å². The number of piperazine rings is 1. The van der Waals surface area contributed by atoms with Gasteiger partial charge in [-0.2, -0.15) is 0 Å². The minimum Gasteiger partial charge on any atom is -0.311 e. The zero-order valence-corrected chi connectivity index (χ0v) is 12.9. The smallest absolute Gasteiger partial charge is 0.146 e. The fourth-order valence-corrected chi connectivity index (χ4v) is 3.20. The first-order valence-electron chi connectivity index (χ1n) is 7.39. The van der Waals surface area contributed by atoms with E-state index >= 15 is 0 Å². The molecule has 0 spiro atoms. The Morgan fingerprint density at radius 1 is 1.40 bits per heavy atom. The summed E-state index contributed by atoms with van der Waals surface area (Å²) in [6.45, 7) is 7.00. The Morgan fingerprint density at radius 3 is 2.85 bits per heavy atom. The first kappa shape index (κ1) is 14.3. The van der Waals surface area contributed by atoms with E-state index in [9.17, 15) is 4.39 Å². The van der Waals surface area contributed by atoms with Crippen molar-refractivity contribution < 1.29 is 4.39 Å². The summed E-state index contributed by atoms with van der Waals surface area (Å²) in [6.07, 6.45) is 2.66. The van der Waals surface area contributed by atoms with E-state index in [4.69, 9.17) is 11.6 Å². The number of halogens is 2. The molecule has 0 amide bonds. The maximum Gasteiger partial charge on any atom is 0.146 e. The molecule has 1 saturated carbocycles. The van der Waals surface area contributed by atoms with Gasteiger partial charge in [-0.05, 0) is 38.7 Å². The SMILES string of the molecule is CC1(C)CNC(C2CC2)CN1Cc1cccc(Cl)c1F. The highest BCUT2D eigenvalue weighted by molar-refractivity contribution is 6.30. The third-order valence-corrected chi connectivity index (χ3v) is 4.95. The van der Waals surface area contributed by atoms with Crippen LogP contribution in [0.1, 0.15) is 32.3 Å². The highest BCUT2D eigenvalue weighted by Crippen LogP contribution is 2.36. The molecule has 0 radical (unpaired) electrons. The van der Waals surface area contributed by atoms with Crippen LogP contribution in [0.3, 0.4) is 0 Å². The van der Waals surface area contributed by atoms with Crippen LogP contribution in [0.4, 0.5) is 4.39 Å². The molecule has 0 aromatic heterocycles. The van der Waals surface area contributed by atoms with Gasteiger partial charge in [-0.1, -0.05) is 23.7 Å². The molecular formula is C16H22ClFN2. The van der Waals surface area contributed by atoms with Gasteiger partial charge in [0.2, 0.25) is 0 Å². The van der Waals surface area contributed by atoms with Crippen LogP contribution in [-0.4, -0.2) is 29.6 Å². The molecule has 1 N–H and O–H groups in total. The van der Waals surface area contributed by atoms with Gasteiger partial charge in [0.15, 0.2) is 0 Å². The second kappa shape index (κ2) is 5.28. The number of nitrogens with one attached hydrogen (secondary N) is 1. The van der Waals surface area contributed by atoms with E-state index in [0.717, 1.165) is 19.0 Å². The molecule has 2 fully saturated rings. The first-order valence-corrected chi connectivity index (χ1v) is 7.76. The summed E-state index contributed by atoms with van der Waals surface area (Å²) in [5, 5.41) is 3.87. The van der Waals surface area contributed by atoms with Crippen molar-refractivity contribution >= 4 is 11.6 Å². The van der Waals surface area contributed by atoms with Crippen molar-refractivity contribution in [3.8, 4) is 0 Å². The van der Waals surface area contributed by atoms with E-state index in [0.29, 0.717) is 18.2 Å². The summed E-state index contributed by atoms with van der Waals surface area (Å²) in [5.41, 5.74) is 0.738. The number of rotatable bonds is 3. The predicted octanol–water partition coefficient (Wildman–Crippen LogP) is 3.44. The summed E-state index contributed by atoms with van der Waals surface area (Å²) < 4.78 is 14.1. The van der Waals surface area contributed by atoms with Crippen LogP contribution in [0.25, 0.3) is 0 Å². The lowest BCUT2D eigenvalue weighted by atomic mass is 9.95. The van der Waals surface area contributed by atoms with Gasteiger partial charge in [-0.15, -0.1) is 0 Å². The molecule has 110 valence electrons. The number of nitrogens with zero attached hydrogens (tertiary/aromatic N) is 1. The molecule has 2 nitrogen and oxygen atoms in total. The Bertz CT molecular complexity index is 499. The van der Waals surface area contributed by atoms with E-state index in [-0.39, 0.29) is 16.4 Å². The molecule has 4 heteroatoms. The second-order valence-corrected chi connectivity index (χ2v) is 7.14. The fourth-order valence-electron chi connectivity index (χ4n) is 3.01. The molecular weight excluding hydrogens is 275 g/mol. The van der Waals surface area contributed by atoms with E-state index in [1.165, 1.54) is 12.8 Å². The van der Waals surface area contributed by atoms with E-state index < -0.39 is 0 Å². The lowest BCUT2D eigenvalue weighted by molar-refractivity contribution is 0.0524. The van der Waals surface area contributed by atoms with Gasteiger partial charge < -0.3 is 5.32 Å². The van der Waals surface area contributed by atoms with Gasteiger partial charge >= 0.3 is 0 Å². The summed E-state index contributed by atoms with van der Waals surface area (Å²) >= 11 is 5.89. The Labute approximate surface area is 125 Å². The highest BCUT2D eigenvalue weighted by atomic mass is 35.5. The molecule has 1 aliphatic carbocycles. The second-order valence-electron chi connectivity index (χ2n) is 6.73. The minimum atomic E-state index is -0.272. The van der Waals surface area contributed by atoms with Crippen molar-refractivity contribution in [3.63, 3.8) is 0 Å². The van der Waals surface area contributed by atoms with E-state index in [1.807, 2.05) is 12.1 Å². The molecule has 1 aliphatic heterocycles. The molecule has 1 atom stereocenters. The van der Waals surface area contributed by atoms with Gasteiger partial charge in [-0.25, -0.2) is 4.39 Å². The summed E-state index contributed by atoms with van der Waals surface area (Å²) in [6, 6.07) is 5.83. The Hall–Kier alpha value is -0.640. The largest absolute Gasteiger partial charge is 0.311 e.